The van der Waals surface area contributed by atoms with Gasteiger partial charge in [-0.2, -0.15) is 9.50 Å². The van der Waals surface area contributed by atoms with Crippen molar-refractivity contribution in [2.45, 2.75) is 45.6 Å². The van der Waals surface area contributed by atoms with Crippen LogP contribution in [0, 0.1) is 12.8 Å². The summed E-state index contributed by atoms with van der Waals surface area (Å²) in [6.07, 6.45) is 6.45. The summed E-state index contributed by atoms with van der Waals surface area (Å²) in [5.41, 5.74) is 2.07. The molecule has 1 saturated carbocycles. The minimum Gasteiger partial charge on any atom is -0.496 e. The maximum atomic E-state index is 13.8. The third-order valence-corrected chi connectivity index (χ3v) is 6.25. The molecule has 0 bridgehead atoms. The maximum Gasteiger partial charge on any atom is 0.262 e. The van der Waals surface area contributed by atoms with Gasteiger partial charge in [0, 0.05) is 17.8 Å². The number of aryl methyl sites for hydroxylation is 1. The molecule has 7 heteroatoms. The second-order valence-electron chi connectivity index (χ2n) is 8.15. The van der Waals surface area contributed by atoms with Crippen molar-refractivity contribution in [3.05, 3.63) is 52.7 Å². The molecule has 4 aromatic rings. The molecule has 1 fully saturated rings. The van der Waals surface area contributed by atoms with Crippen LogP contribution in [-0.2, 0) is 0 Å². The van der Waals surface area contributed by atoms with Crippen LogP contribution in [0.2, 0.25) is 0 Å². The van der Waals surface area contributed by atoms with E-state index in [9.17, 15) is 4.79 Å². The molecule has 0 radical (unpaired) electrons. The molecule has 7 nitrogen and oxygen atoms in total. The van der Waals surface area contributed by atoms with Crippen LogP contribution < -0.4 is 10.3 Å². The molecule has 0 N–H and O–H groups in total. The summed E-state index contributed by atoms with van der Waals surface area (Å²) in [5.74, 6) is 2.23. The van der Waals surface area contributed by atoms with Gasteiger partial charge in [-0.1, -0.05) is 31.9 Å². The van der Waals surface area contributed by atoms with Crippen LogP contribution in [0.1, 0.15) is 44.5 Å². The van der Waals surface area contributed by atoms with E-state index in [-0.39, 0.29) is 11.6 Å². The van der Waals surface area contributed by atoms with Crippen LogP contribution >= 0.6 is 0 Å². The normalized spacial score (nSPS) is 19.4. The first-order valence-electron chi connectivity index (χ1n) is 10.5. The van der Waals surface area contributed by atoms with Gasteiger partial charge in [-0.25, -0.2) is 4.98 Å². The predicted molar refractivity (Wildman–Crippen MR) is 116 cm³/mol. The number of methoxy groups -OCH3 is 1. The van der Waals surface area contributed by atoms with Crippen molar-refractivity contribution in [3.63, 3.8) is 0 Å². The van der Waals surface area contributed by atoms with Crippen molar-refractivity contribution < 1.29 is 4.74 Å². The Morgan fingerprint density at radius 2 is 1.90 bits per heavy atom. The Hall–Kier alpha value is -3.22. The first-order chi connectivity index (χ1) is 14.6. The van der Waals surface area contributed by atoms with Crippen molar-refractivity contribution in [2.24, 2.45) is 5.92 Å². The summed E-state index contributed by atoms with van der Waals surface area (Å²) in [4.78, 5) is 22.9. The molecule has 1 aromatic carbocycles. The van der Waals surface area contributed by atoms with Gasteiger partial charge in [0.05, 0.1) is 23.7 Å². The summed E-state index contributed by atoms with van der Waals surface area (Å²) < 4.78 is 9.19. The third kappa shape index (κ3) is 2.88. The molecule has 3 heterocycles. The van der Waals surface area contributed by atoms with Crippen LogP contribution in [0.15, 0.2) is 41.3 Å². The van der Waals surface area contributed by atoms with E-state index in [1.165, 1.54) is 6.42 Å². The van der Waals surface area contributed by atoms with E-state index in [0.717, 1.165) is 24.8 Å². The molecule has 0 amide bonds. The van der Waals surface area contributed by atoms with Crippen LogP contribution in [-0.4, -0.2) is 31.3 Å². The van der Waals surface area contributed by atoms with Crippen LogP contribution in [0.4, 0.5) is 0 Å². The number of para-hydroxylation sites is 1. The molecule has 1 aliphatic carbocycles. The average molecular weight is 403 g/mol. The highest BCUT2D eigenvalue weighted by atomic mass is 16.5. The van der Waals surface area contributed by atoms with Gasteiger partial charge < -0.3 is 9.30 Å². The molecule has 5 rings (SSSR count). The zero-order valence-electron chi connectivity index (χ0n) is 17.5. The topological polar surface area (TPSA) is 74.3 Å². The SMILES string of the molecule is COc1ccccc1-c1c2c(=O)n([C@@H]3CCCC[C@@H]3C)ccc2nc2nc(C)nn12. The van der Waals surface area contributed by atoms with Crippen molar-refractivity contribution in [3.8, 4) is 17.0 Å². The van der Waals surface area contributed by atoms with Gasteiger partial charge in [-0.3, -0.25) is 4.79 Å². The Morgan fingerprint density at radius 1 is 1.10 bits per heavy atom. The highest BCUT2D eigenvalue weighted by Crippen LogP contribution is 2.35. The van der Waals surface area contributed by atoms with Gasteiger partial charge in [0.25, 0.3) is 11.3 Å². The van der Waals surface area contributed by atoms with Gasteiger partial charge in [0.1, 0.15) is 11.6 Å². The van der Waals surface area contributed by atoms with Crippen LogP contribution in [0.5, 0.6) is 5.75 Å². The fourth-order valence-corrected chi connectivity index (χ4v) is 4.76. The number of hydrogen-bond donors (Lipinski definition) is 0. The number of aromatic nitrogens is 5. The number of ether oxygens (including phenoxy) is 1. The van der Waals surface area contributed by atoms with E-state index in [0.29, 0.717) is 39.9 Å². The van der Waals surface area contributed by atoms with Gasteiger partial charge in [0.2, 0.25) is 0 Å². The summed E-state index contributed by atoms with van der Waals surface area (Å²) in [5, 5.41) is 5.11. The largest absolute Gasteiger partial charge is 0.496 e. The van der Waals surface area contributed by atoms with E-state index in [1.54, 1.807) is 11.6 Å². The summed E-state index contributed by atoms with van der Waals surface area (Å²) in [6.45, 7) is 4.07. The summed E-state index contributed by atoms with van der Waals surface area (Å²) in [7, 11) is 1.63. The lowest BCUT2D eigenvalue weighted by atomic mass is 9.85. The van der Waals surface area contributed by atoms with Crippen molar-refractivity contribution in [1.29, 1.82) is 0 Å². The predicted octanol–water partition coefficient (Wildman–Crippen LogP) is 4.17. The first kappa shape index (κ1) is 18.8. The van der Waals surface area contributed by atoms with Crippen LogP contribution in [0.25, 0.3) is 27.9 Å². The Labute approximate surface area is 174 Å². The molecule has 0 aliphatic heterocycles. The highest BCUT2D eigenvalue weighted by molar-refractivity contribution is 5.94. The lowest BCUT2D eigenvalue weighted by Crippen LogP contribution is -2.31. The molecule has 0 spiro atoms. The van der Waals surface area contributed by atoms with E-state index < -0.39 is 0 Å². The van der Waals surface area contributed by atoms with E-state index in [1.807, 2.05) is 48.0 Å². The maximum absolute atomic E-state index is 13.8. The Bertz CT molecular complexity index is 1310. The summed E-state index contributed by atoms with van der Waals surface area (Å²) >= 11 is 0. The third-order valence-electron chi connectivity index (χ3n) is 6.25. The number of nitrogens with zero attached hydrogens (tertiary/aromatic N) is 5. The van der Waals surface area contributed by atoms with Crippen molar-refractivity contribution >= 4 is 16.7 Å². The Morgan fingerprint density at radius 3 is 2.70 bits per heavy atom. The summed E-state index contributed by atoms with van der Waals surface area (Å²) in [6, 6.07) is 9.82. The van der Waals surface area contributed by atoms with E-state index in [2.05, 4.69) is 22.0 Å². The molecular weight excluding hydrogens is 378 g/mol. The van der Waals surface area contributed by atoms with E-state index in [4.69, 9.17) is 4.74 Å². The quantitative estimate of drug-likeness (QED) is 0.513. The molecule has 0 unspecified atom stereocenters. The first-order valence-corrected chi connectivity index (χ1v) is 10.5. The standard InChI is InChI=1S/C23H25N5O2/c1-14-8-4-6-10-18(14)27-13-12-17-20(22(27)29)21(16-9-5-7-11-19(16)30-3)28-23(25-17)24-15(2)26-28/h5,7,9,11-14,18H,4,6,8,10H2,1-3H3/t14-,18+/m0/s1. The molecule has 0 saturated heterocycles. The molecule has 1 aliphatic rings. The number of rotatable bonds is 3. The number of hydrogen-bond acceptors (Lipinski definition) is 5. The minimum atomic E-state index is -0.0327. The fraction of sp³-hybridized carbons (Fsp3) is 0.391. The molecular formula is C23H25N5O2. The van der Waals surface area contributed by atoms with Crippen LogP contribution in [0.3, 0.4) is 0 Å². The number of fused-ring (bicyclic) bond motifs is 2. The lowest BCUT2D eigenvalue weighted by molar-refractivity contribution is 0.253. The Balaban J connectivity index is 1.89. The average Bonchev–Trinajstić information content (AvgIpc) is 3.13. The van der Waals surface area contributed by atoms with Gasteiger partial charge in [-0.15, -0.1) is 5.10 Å². The van der Waals surface area contributed by atoms with Gasteiger partial charge in [0.15, 0.2) is 0 Å². The molecule has 30 heavy (non-hydrogen) atoms. The minimum absolute atomic E-state index is 0.0327. The number of pyridine rings is 1. The van der Waals surface area contributed by atoms with E-state index >= 15 is 0 Å². The monoisotopic (exact) mass is 403 g/mol. The zero-order valence-corrected chi connectivity index (χ0v) is 17.5. The molecule has 154 valence electrons. The van der Waals surface area contributed by atoms with Crippen molar-refractivity contribution in [2.75, 3.05) is 7.11 Å². The lowest BCUT2D eigenvalue weighted by Gasteiger charge is -2.30. The van der Waals surface area contributed by atoms with Gasteiger partial charge in [-0.05, 0) is 43.9 Å². The van der Waals surface area contributed by atoms with Crippen molar-refractivity contribution in [1.82, 2.24) is 24.1 Å². The second-order valence-corrected chi connectivity index (χ2v) is 8.15. The molecule has 3 aromatic heterocycles. The second kappa shape index (κ2) is 7.23. The molecule has 2 atom stereocenters. The zero-order chi connectivity index (χ0) is 20.8. The van der Waals surface area contributed by atoms with Gasteiger partial charge >= 0.3 is 0 Å². The Kier molecular flexibility index (Phi) is 4.53. The highest BCUT2D eigenvalue weighted by Gasteiger charge is 2.26. The fourth-order valence-electron chi connectivity index (χ4n) is 4.76. The smallest absolute Gasteiger partial charge is 0.262 e. The number of benzene rings is 1.